The molecule has 0 radical (unpaired) electrons. The van der Waals surface area contributed by atoms with E-state index >= 15 is 0 Å². The van der Waals surface area contributed by atoms with E-state index < -0.39 is 0 Å². The van der Waals surface area contributed by atoms with Crippen molar-refractivity contribution in [1.29, 1.82) is 0 Å². The van der Waals surface area contributed by atoms with Crippen LogP contribution >= 0.6 is 0 Å². The van der Waals surface area contributed by atoms with Crippen LogP contribution in [0.25, 0.3) is 16.8 Å². The molecule has 0 aliphatic carbocycles. The van der Waals surface area contributed by atoms with Gasteiger partial charge < -0.3 is 19.6 Å². The maximum absolute atomic E-state index is 2.47. The monoisotopic (exact) mass is 651 g/mol. The number of rotatable bonds is 1. The van der Waals surface area contributed by atoms with Gasteiger partial charge in [0.1, 0.15) is 12.3 Å². The summed E-state index contributed by atoms with van der Waals surface area (Å²) in [7, 11) is 4.30. The smallest absolute Gasteiger partial charge is 0.103 e. The van der Waals surface area contributed by atoms with Crippen LogP contribution in [0.2, 0.25) is 0 Å². The number of aryl methyl sites for hydroxylation is 2. The Morgan fingerprint density at radius 3 is 1.48 bits per heavy atom. The summed E-state index contributed by atoms with van der Waals surface area (Å²) in [6, 6.07) is 32.5. The standard InChI is InChI=1S/C18H18N2.C16H18N2.5C2H6/c1-12-7-6-10-16-14-8-4-5-9-15(14)17-11-19(3)13(2)20(17)18(12)16;1-12-8-4-5-9-14(12)18-13(2)17(3)15-10-6-7-11-16(15)18;5*1-2/h4-11,13H,1-3H3;4-11,13H,1-3H3;5*1-2H3/t2*13-;;;;;/m00...../s1. The number of hydrogen-bond donors (Lipinski definition) is 0. The Morgan fingerprint density at radius 1 is 0.438 bits per heavy atom. The lowest BCUT2D eigenvalue weighted by molar-refractivity contribution is 0.383. The summed E-state index contributed by atoms with van der Waals surface area (Å²) >= 11 is 0. The summed E-state index contributed by atoms with van der Waals surface area (Å²) < 4.78 is 0. The van der Waals surface area contributed by atoms with Crippen LogP contribution in [-0.4, -0.2) is 31.3 Å². The van der Waals surface area contributed by atoms with Gasteiger partial charge in [0.05, 0.1) is 22.8 Å². The molecule has 4 aromatic rings. The van der Waals surface area contributed by atoms with Crippen LogP contribution in [0.4, 0.5) is 22.7 Å². The van der Waals surface area contributed by atoms with Gasteiger partial charge in [0.2, 0.25) is 0 Å². The van der Waals surface area contributed by atoms with Crippen LogP contribution < -0.4 is 14.7 Å². The van der Waals surface area contributed by atoms with Crippen molar-refractivity contribution in [3.63, 3.8) is 0 Å². The lowest BCUT2D eigenvalue weighted by atomic mass is 9.90. The first-order valence-corrected chi connectivity index (χ1v) is 18.5. The van der Waals surface area contributed by atoms with E-state index in [0.717, 1.165) is 0 Å². The Balaban J connectivity index is 0.000000383. The molecule has 48 heavy (non-hydrogen) atoms. The quantitative estimate of drug-likeness (QED) is 0.203. The Bertz CT molecular complexity index is 1540. The topological polar surface area (TPSA) is 13.0 Å². The second kappa shape index (κ2) is 20.9. The van der Waals surface area contributed by atoms with Crippen LogP contribution in [0.3, 0.4) is 0 Å². The van der Waals surface area contributed by atoms with Gasteiger partial charge in [-0.25, -0.2) is 0 Å². The van der Waals surface area contributed by atoms with Crippen molar-refractivity contribution in [2.24, 2.45) is 0 Å². The third kappa shape index (κ3) is 8.45. The molecule has 4 nitrogen and oxygen atoms in total. The van der Waals surface area contributed by atoms with E-state index in [1.807, 2.05) is 69.2 Å². The van der Waals surface area contributed by atoms with Gasteiger partial charge in [0.25, 0.3) is 0 Å². The fraction of sp³-hybridized carbons (Fsp3) is 0.409. The summed E-state index contributed by atoms with van der Waals surface area (Å²) in [5.41, 5.74) is 13.2. The molecule has 3 aliphatic heterocycles. The Kier molecular flexibility index (Phi) is 18.2. The molecule has 0 bridgehead atoms. The van der Waals surface area contributed by atoms with Crippen LogP contribution in [0.1, 0.15) is 99.8 Å². The molecule has 0 saturated carbocycles. The van der Waals surface area contributed by atoms with Crippen molar-refractivity contribution < 1.29 is 0 Å². The average molecular weight is 651 g/mol. The molecule has 262 valence electrons. The second-order valence-corrected chi connectivity index (χ2v) is 10.6. The van der Waals surface area contributed by atoms with Gasteiger partial charge in [0.15, 0.2) is 0 Å². The maximum Gasteiger partial charge on any atom is 0.103 e. The highest BCUT2D eigenvalue weighted by molar-refractivity contribution is 6.01. The predicted octanol–water partition coefficient (Wildman–Crippen LogP) is 13.1. The van der Waals surface area contributed by atoms with E-state index in [9.17, 15) is 0 Å². The third-order valence-corrected chi connectivity index (χ3v) is 8.35. The summed E-state index contributed by atoms with van der Waals surface area (Å²) in [6.45, 7) is 28.9. The number of anilines is 4. The number of benzene rings is 4. The molecular formula is C44H66N4. The van der Waals surface area contributed by atoms with Gasteiger partial charge in [-0.2, -0.15) is 0 Å². The number of fused-ring (bicyclic) bond motifs is 7. The van der Waals surface area contributed by atoms with Crippen molar-refractivity contribution >= 4 is 28.4 Å². The lowest BCUT2D eigenvalue weighted by Crippen LogP contribution is -2.36. The van der Waals surface area contributed by atoms with E-state index in [0.29, 0.717) is 12.3 Å². The third-order valence-electron chi connectivity index (χ3n) is 8.35. The van der Waals surface area contributed by atoms with Crippen LogP contribution in [0, 0.1) is 13.8 Å². The SMILES string of the molecule is CC.CC.CC.CC.CC.Cc1cccc2c1N1C(=CN(C)[C@@H]1C)c1ccccc1-2.Cc1ccccc1N1c2ccccc2N(C)[C@@H]1C. The zero-order valence-electron chi connectivity index (χ0n) is 33.2. The first-order chi connectivity index (χ1) is 23.4. The van der Waals surface area contributed by atoms with Crippen molar-refractivity contribution in [2.75, 3.05) is 28.8 Å². The molecule has 0 amide bonds. The molecule has 3 heterocycles. The van der Waals surface area contributed by atoms with E-state index in [4.69, 9.17) is 0 Å². The minimum Gasteiger partial charge on any atom is -0.358 e. The van der Waals surface area contributed by atoms with Crippen LogP contribution in [0.5, 0.6) is 0 Å². The molecule has 3 aliphatic rings. The van der Waals surface area contributed by atoms with Gasteiger partial charge in [-0.3, -0.25) is 0 Å². The van der Waals surface area contributed by atoms with E-state index in [-0.39, 0.29) is 0 Å². The second-order valence-electron chi connectivity index (χ2n) is 10.6. The molecule has 0 unspecified atom stereocenters. The summed E-state index contributed by atoms with van der Waals surface area (Å²) in [4.78, 5) is 9.48. The molecule has 4 heteroatoms. The highest BCUT2D eigenvalue weighted by Gasteiger charge is 2.36. The highest BCUT2D eigenvalue weighted by atomic mass is 15.4. The molecule has 0 spiro atoms. The average Bonchev–Trinajstić information content (AvgIpc) is 3.60. The zero-order chi connectivity index (χ0) is 36.6. The van der Waals surface area contributed by atoms with Gasteiger partial charge in [-0.05, 0) is 62.6 Å². The van der Waals surface area contributed by atoms with Crippen LogP contribution in [0.15, 0.2) is 97.2 Å². The largest absolute Gasteiger partial charge is 0.358 e. The van der Waals surface area contributed by atoms with E-state index in [1.165, 1.54) is 56.3 Å². The number of hydrogen-bond acceptors (Lipinski definition) is 4. The maximum atomic E-state index is 2.47. The summed E-state index contributed by atoms with van der Waals surface area (Å²) in [5.74, 6) is 0. The van der Waals surface area contributed by atoms with Gasteiger partial charge in [0, 0.05) is 37.1 Å². The molecule has 4 aromatic carbocycles. The predicted molar refractivity (Wildman–Crippen MR) is 219 cm³/mol. The van der Waals surface area contributed by atoms with Crippen molar-refractivity contribution in [3.8, 4) is 11.1 Å². The molecule has 0 fully saturated rings. The van der Waals surface area contributed by atoms with Gasteiger partial charge in [-0.1, -0.05) is 142 Å². The molecular weight excluding hydrogens is 585 g/mol. The van der Waals surface area contributed by atoms with Crippen LogP contribution in [-0.2, 0) is 0 Å². The first-order valence-electron chi connectivity index (χ1n) is 18.5. The first kappa shape index (κ1) is 41.8. The van der Waals surface area contributed by atoms with Crippen molar-refractivity contribution in [1.82, 2.24) is 4.90 Å². The minimum absolute atomic E-state index is 0.350. The Morgan fingerprint density at radius 2 is 0.896 bits per heavy atom. The molecule has 0 aromatic heterocycles. The van der Waals surface area contributed by atoms with E-state index in [1.54, 1.807) is 0 Å². The molecule has 0 saturated heterocycles. The summed E-state index contributed by atoms with van der Waals surface area (Å²) in [5, 5.41) is 0. The van der Waals surface area contributed by atoms with Gasteiger partial charge in [-0.15, -0.1) is 0 Å². The zero-order valence-corrected chi connectivity index (χ0v) is 33.2. The number of nitrogens with zero attached hydrogens (tertiary/aromatic N) is 4. The minimum atomic E-state index is 0.350. The lowest BCUT2D eigenvalue weighted by Gasteiger charge is -2.36. The molecule has 0 N–H and O–H groups in total. The Labute approximate surface area is 295 Å². The highest BCUT2D eigenvalue weighted by Crippen LogP contribution is 2.49. The number of para-hydroxylation sites is 4. The van der Waals surface area contributed by atoms with Gasteiger partial charge >= 0.3 is 0 Å². The molecule has 7 rings (SSSR count). The summed E-state index contributed by atoms with van der Waals surface area (Å²) in [6.07, 6.45) is 2.97. The normalized spacial score (nSPS) is 15.5. The van der Waals surface area contributed by atoms with Crippen molar-refractivity contribution in [2.45, 2.75) is 109 Å². The van der Waals surface area contributed by atoms with Crippen molar-refractivity contribution in [3.05, 3.63) is 114 Å². The Hall–Kier alpha value is -4.18. The fourth-order valence-corrected chi connectivity index (χ4v) is 6.10. The van der Waals surface area contributed by atoms with E-state index in [2.05, 4.69) is 159 Å². The fourth-order valence-electron chi connectivity index (χ4n) is 6.10. The molecule has 2 atom stereocenters.